The van der Waals surface area contributed by atoms with Crippen LogP contribution in [0, 0.1) is 5.92 Å². The average Bonchev–Trinajstić information content (AvgIpc) is 3.07. The number of carbonyl (C=O) groups excluding carboxylic acids is 1. The monoisotopic (exact) mass is 260 g/mol. The van der Waals surface area contributed by atoms with E-state index in [9.17, 15) is 9.59 Å². The maximum Gasteiger partial charge on any atom is 0.305 e. The molecular formula is C11H20N2O3S. The zero-order valence-corrected chi connectivity index (χ0v) is 10.8. The van der Waals surface area contributed by atoms with Gasteiger partial charge in [-0.15, -0.1) is 0 Å². The topological polar surface area (TPSA) is 92.4 Å². The third-order valence-electron chi connectivity index (χ3n) is 2.88. The summed E-state index contributed by atoms with van der Waals surface area (Å²) in [6.07, 6.45) is 4.57. The molecule has 0 aliphatic heterocycles. The summed E-state index contributed by atoms with van der Waals surface area (Å²) in [4.78, 5) is 22.4. The lowest BCUT2D eigenvalue weighted by Crippen LogP contribution is -2.47. The molecule has 4 N–H and O–H groups in total. The van der Waals surface area contributed by atoms with Crippen LogP contribution in [0.3, 0.4) is 0 Å². The molecule has 1 rings (SSSR count). The molecule has 0 heterocycles. The molecule has 0 aromatic carbocycles. The van der Waals surface area contributed by atoms with E-state index in [2.05, 4.69) is 5.32 Å². The van der Waals surface area contributed by atoms with Gasteiger partial charge >= 0.3 is 5.97 Å². The lowest BCUT2D eigenvalue weighted by Gasteiger charge is -2.19. The van der Waals surface area contributed by atoms with Crippen molar-refractivity contribution in [1.82, 2.24) is 5.32 Å². The Labute approximate surface area is 106 Å². The molecule has 1 aliphatic rings. The van der Waals surface area contributed by atoms with Crippen molar-refractivity contribution in [2.45, 2.75) is 37.8 Å². The first-order valence-corrected chi connectivity index (χ1v) is 7.20. The van der Waals surface area contributed by atoms with Crippen molar-refractivity contribution < 1.29 is 14.7 Å². The van der Waals surface area contributed by atoms with Crippen LogP contribution < -0.4 is 11.1 Å². The van der Waals surface area contributed by atoms with E-state index in [0.29, 0.717) is 12.3 Å². The van der Waals surface area contributed by atoms with Crippen molar-refractivity contribution in [3.8, 4) is 0 Å². The molecule has 0 aromatic heterocycles. The highest BCUT2D eigenvalue weighted by molar-refractivity contribution is 7.98. The molecule has 17 heavy (non-hydrogen) atoms. The Bertz CT molecular complexity index is 282. The van der Waals surface area contributed by atoms with Crippen molar-refractivity contribution in [2.24, 2.45) is 11.7 Å². The second kappa shape index (κ2) is 6.86. The third kappa shape index (κ3) is 5.41. The SMILES string of the molecule is CSCC[C@H](N)C(=O)NC(CC(=O)O)C1CC1. The molecule has 1 unspecified atom stereocenters. The minimum absolute atomic E-state index is 0.00828. The number of thioether (sulfide) groups is 1. The smallest absolute Gasteiger partial charge is 0.305 e. The van der Waals surface area contributed by atoms with Crippen LogP contribution in [0.4, 0.5) is 0 Å². The largest absolute Gasteiger partial charge is 0.481 e. The van der Waals surface area contributed by atoms with E-state index in [1.54, 1.807) is 11.8 Å². The van der Waals surface area contributed by atoms with Crippen LogP contribution >= 0.6 is 11.8 Å². The third-order valence-corrected chi connectivity index (χ3v) is 3.53. The van der Waals surface area contributed by atoms with E-state index in [1.165, 1.54) is 0 Å². The first kappa shape index (κ1) is 14.3. The first-order valence-electron chi connectivity index (χ1n) is 5.81. The summed E-state index contributed by atoms with van der Waals surface area (Å²) in [5.41, 5.74) is 5.73. The van der Waals surface area contributed by atoms with Crippen LogP contribution in [-0.4, -0.2) is 41.1 Å². The van der Waals surface area contributed by atoms with Crippen molar-refractivity contribution in [3.05, 3.63) is 0 Å². The predicted octanol–water partition coefficient (Wildman–Crippen LogP) is 0.436. The number of nitrogens with two attached hydrogens (primary N) is 1. The van der Waals surface area contributed by atoms with E-state index in [4.69, 9.17) is 10.8 Å². The van der Waals surface area contributed by atoms with E-state index in [-0.39, 0.29) is 18.4 Å². The first-order chi connectivity index (χ1) is 8.04. The highest BCUT2D eigenvalue weighted by Crippen LogP contribution is 2.34. The molecule has 2 atom stereocenters. The summed E-state index contributed by atoms with van der Waals surface area (Å²) in [5, 5.41) is 11.5. The highest BCUT2D eigenvalue weighted by atomic mass is 32.2. The fraction of sp³-hybridized carbons (Fsp3) is 0.818. The number of carboxylic acid groups (broad SMARTS) is 1. The van der Waals surface area contributed by atoms with Gasteiger partial charge in [-0.3, -0.25) is 9.59 Å². The van der Waals surface area contributed by atoms with E-state index in [1.807, 2.05) is 6.26 Å². The Morgan fingerprint density at radius 2 is 2.18 bits per heavy atom. The number of carboxylic acids is 1. The predicted molar refractivity (Wildman–Crippen MR) is 67.9 cm³/mol. The zero-order valence-electron chi connectivity index (χ0n) is 10.0. The van der Waals surface area contributed by atoms with Crippen LogP contribution in [0.2, 0.25) is 0 Å². The minimum atomic E-state index is -0.875. The molecule has 0 saturated heterocycles. The number of carbonyl (C=O) groups is 2. The van der Waals surface area contributed by atoms with Gasteiger partial charge in [-0.25, -0.2) is 0 Å². The highest BCUT2D eigenvalue weighted by Gasteiger charge is 2.34. The number of nitrogens with one attached hydrogen (secondary N) is 1. The molecule has 1 fully saturated rings. The van der Waals surface area contributed by atoms with E-state index >= 15 is 0 Å². The minimum Gasteiger partial charge on any atom is -0.481 e. The van der Waals surface area contributed by atoms with Gasteiger partial charge in [0.15, 0.2) is 0 Å². The summed E-state index contributed by atoms with van der Waals surface area (Å²) >= 11 is 1.64. The number of hydrogen-bond acceptors (Lipinski definition) is 4. The maximum atomic E-state index is 11.7. The molecule has 0 spiro atoms. The van der Waals surface area contributed by atoms with Crippen molar-refractivity contribution in [2.75, 3.05) is 12.0 Å². The standard InChI is InChI=1S/C11H20N2O3S/c1-17-5-4-8(12)11(16)13-9(6-10(14)15)7-2-3-7/h7-9H,2-6,12H2,1H3,(H,13,16)(H,14,15)/t8-,9?/m0/s1. The van der Waals surface area contributed by atoms with Crippen LogP contribution in [0.25, 0.3) is 0 Å². The van der Waals surface area contributed by atoms with Crippen LogP contribution in [0.5, 0.6) is 0 Å². The molecular weight excluding hydrogens is 240 g/mol. The lowest BCUT2D eigenvalue weighted by molar-refractivity contribution is -0.138. The number of hydrogen-bond donors (Lipinski definition) is 3. The lowest BCUT2D eigenvalue weighted by atomic mass is 10.1. The van der Waals surface area contributed by atoms with Crippen LogP contribution in [-0.2, 0) is 9.59 Å². The second-order valence-corrected chi connectivity index (χ2v) is 5.42. The Kier molecular flexibility index (Phi) is 5.77. The van der Waals surface area contributed by atoms with Crippen molar-refractivity contribution in [3.63, 3.8) is 0 Å². The zero-order chi connectivity index (χ0) is 12.8. The van der Waals surface area contributed by atoms with Crippen molar-refractivity contribution in [1.29, 1.82) is 0 Å². The molecule has 5 nitrogen and oxygen atoms in total. The van der Waals surface area contributed by atoms with Gasteiger partial charge in [0.2, 0.25) is 5.91 Å². The summed E-state index contributed by atoms with van der Waals surface area (Å²) < 4.78 is 0. The van der Waals surface area contributed by atoms with Gasteiger partial charge < -0.3 is 16.2 Å². The Morgan fingerprint density at radius 1 is 1.53 bits per heavy atom. The van der Waals surface area contributed by atoms with Gasteiger partial charge in [-0.1, -0.05) is 0 Å². The van der Waals surface area contributed by atoms with E-state index < -0.39 is 12.0 Å². The Balaban J connectivity index is 2.37. The van der Waals surface area contributed by atoms with Crippen LogP contribution in [0.15, 0.2) is 0 Å². The number of aliphatic carboxylic acids is 1. The molecule has 1 amide bonds. The fourth-order valence-corrected chi connectivity index (χ4v) is 2.18. The molecule has 98 valence electrons. The number of rotatable bonds is 8. The molecule has 1 saturated carbocycles. The maximum absolute atomic E-state index is 11.7. The van der Waals surface area contributed by atoms with E-state index in [0.717, 1.165) is 18.6 Å². The molecule has 6 heteroatoms. The second-order valence-electron chi connectivity index (χ2n) is 4.44. The van der Waals surface area contributed by atoms with Gasteiger partial charge in [-0.05, 0) is 37.2 Å². The summed E-state index contributed by atoms with van der Waals surface area (Å²) in [5.74, 6) is 0.0570. The molecule has 0 bridgehead atoms. The van der Waals surface area contributed by atoms with Crippen molar-refractivity contribution >= 4 is 23.6 Å². The summed E-state index contributed by atoms with van der Waals surface area (Å²) in [7, 11) is 0. The van der Waals surface area contributed by atoms with Gasteiger partial charge in [0.25, 0.3) is 0 Å². The van der Waals surface area contributed by atoms with Gasteiger partial charge in [0, 0.05) is 6.04 Å². The van der Waals surface area contributed by atoms with Crippen LogP contribution in [0.1, 0.15) is 25.7 Å². The molecule has 1 aliphatic carbocycles. The molecule has 0 aromatic rings. The molecule has 0 radical (unpaired) electrons. The quantitative estimate of drug-likeness (QED) is 0.589. The summed E-state index contributed by atoms with van der Waals surface area (Å²) in [6.45, 7) is 0. The average molecular weight is 260 g/mol. The normalized spacial score (nSPS) is 18.5. The van der Waals surface area contributed by atoms with Gasteiger partial charge in [0.1, 0.15) is 0 Å². The van der Waals surface area contributed by atoms with Gasteiger partial charge in [-0.2, -0.15) is 11.8 Å². The number of amides is 1. The van der Waals surface area contributed by atoms with Gasteiger partial charge in [0.05, 0.1) is 12.5 Å². The Morgan fingerprint density at radius 3 is 2.65 bits per heavy atom. The summed E-state index contributed by atoms with van der Waals surface area (Å²) in [6, 6.07) is -0.780. The fourth-order valence-electron chi connectivity index (χ4n) is 1.69. The Hall–Kier alpha value is -0.750.